The molecule has 1 aromatic rings. The first-order chi connectivity index (χ1) is 7.79. The van der Waals surface area contributed by atoms with Crippen LogP contribution in [0.5, 0.6) is 5.75 Å². The van der Waals surface area contributed by atoms with Crippen LogP contribution in [-0.2, 0) is 11.2 Å². The Labute approximate surface area is 93.6 Å². The van der Waals surface area contributed by atoms with Gasteiger partial charge >= 0.3 is 12.3 Å². The van der Waals surface area contributed by atoms with Gasteiger partial charge in [-0.25, -0.2) is 4.39 Å². The van der Waals surface area contributed by atoms with Crippen molar-refractivity contribution in [2.24, 2.45) is 0 Å². The minimum atomic E-state index is -5.01. The number of ether oxygens (including phenoxy) is 1. The first-order valence-corrected chi connectivity index (χ1v) is 4.54. The highest BCUT2D eigenvalue weighted by Crippen LogP contribution is 2.29. The maximum atomic E-state index is 13.1. The summed E-state index contributed by atoms with van der Waals surface area (Å²) < 4.78 is 52.6. The van der Waals surface area contributed by atoms with Crippen molar-refractivity contribution in [2.45, 2.75) is 19.2 Å². The van der Waals surface area contributed by atoms with Crippen molar-refractivity contribution in [3.05, 3.63) is 29.6 Å². The SMILES string of the molecule is O=C(O)CCc1cccc(F)c1OC(F)(F)F. The van der Waals surface area contributed by atoms with Gasteiger partial charge in [0.2, 0.25) is 0 Å². The Hall–Kier alpha value is -1.79. The molecule has 0 aromatic heterocycles. The number of aryl methyl sites for hydroxylation is 1. The zero-order valence-electron chi connectivity index (χ0n) is 8.42. The van der Waals surface area contributed by atoms with Crippen LogP contribution in [-0.4, -0.2) is 17.4 Å². The molecule has 17 heavy (non-hydrogen) atoms. The minimum Gasteiger partial charge on any atom is -0.481 e. The molecule has 0 spiro atoms. The Morgan fingerprint density at radius 1 is 1.35 bits per heavy atom. The molecule has 0 aliphatic rings. The maximum Gasteiger partial charge on any atom is 0.573 e. The lowest BCUT2D eigenvalue weighted by Crippen LogP contribution is -2.19. The van der Waals surface area contributed by atoms with Gasteiger partial charge in [0.15, 0.2) is 11.6 Å². The first kappa shape index (κ1) is 13.3. The first-order valence-electron chi connectivity index (χ1n) is 4.54. The van der Waals surface area contributed by atoms with Crippen LogP contribution < -0.4 is 4.74 Å². The molecule has 0 unspecified atom stereocenters. The van der Waals surface area contributed by atoms with Crippen molar-refractivity contribution in [3.63, 3.8) is 0 Å². The van der Waals surface area contributed by atoms with Gasteiger partial charge in [0.25, 0.3) is 0 Å². The molecular weight excluding hydrogens is 244 g/mol. The molecule has 0 bridgehead atoms. The number of halogens is 4. The van der Waals surface area contributed by atoms with Gasteiger partial charge < -0.3 is 9.84 Å². The minimum absolute atomic E-state index is 0.135. The number of carboxylic acids is 1. The molecule has 1 N–H and O–H groups in total. The van der Waals surface area contributed by atoms with Gasteiger partial charge in [0, 0.05) is 6.42 Å². The Morgan fingerprint density at radius 2 is 2.00 bits per heavy atom. The second-order valence-corrected chi connectivity index (χ2v) is 3.17. The van der Waals surface area contributed by atoms with Crippen molar-refractivity contribution in [2.75, 3.05) is 0 Å². The van der Waals surface area contributed by atoms with E-state index in [2.05, 4.69) is 4.74 Å². The number of hydrogen-bond donors (Lipinski definition) is 1. The molecule has 0 radical (unpaired) electrons. The van der Waals surface area contributed by atoms with Crippen LogP contribution in [0.3, 0.4) is 0 Å². The summed E-state index contributed by atoms with van der Waals surface area (Å²) in [5.41, 5.74) is -0.135. The van der Waals surface area contributed by atoms with Crippen LogP contribution in [0.15, 0.2) is 18.2 Å². The van der Waals surface area contributed by atoms with E-state index in [4.69, 9.17) is 5.11 Å². The molecule has 0 saturated heterocycles. The summed E-state index contributed by atoms with van der Waals surface area (Å²) in [6.07, 6.45) is -5.66. The van der Waals surface area contributed by atoms with Gasteiger partial charge in [-0.05, 0) is 18.1 Å². The summed E-state index contributed by atoms with van der Waals surface area (Å²) in [7, 11) is 0. The van der Waals surface area contributed by atoms with Gasteiger partial charge in [0.05, 0.1) is 0 Å². The van der Waals surface area contributed by atoms with Gasteiger partial charge in [0.1, 0.15) is 0 Å². The molecular formula is C10H8F4O3. The quantitative estimate of drug-likeness (QED) is 0.838. The monoisotopic (exact) mass is 252 g/mol. The highest BCUT2D eigenvalue weighted by molar-refractivity contribution is 5.67. The number of rotatable bonds is 4. The molecule has 7 heteroatoms. The summed E-state index contributed by atoms with van der Waals surface area (Å²) in [5, 5.41) is 8.41. The third kappa shape index (κ3) is 4.29. The van der Waals surface area contributed by atoms with Gasteiger partial charge in [-0.1, -0.05) is 12.1 Å². The fourth-order valence-corrected chi connectivity index (χ4v) is 1.22. The number of alkyl halides is 3. The van der Waals surface area contributed by atoms with E-state index in [9.17, 15) is 22.4 Å². The zero-order valence-corrected chi connectivity index (χ0v) is 8.42. The predicted octanol–water partition coefficient (Wildman–Crippen LogP) is 2.74. The average Bonchev–Trinajstić information content (AvgIpc) is 2.17. The van der Waals surface area contributed by atoms with E-state index in [0.717, 1.165) is 6.07 Å². The number of carboxylic acid groups (broad SMARTS) is 1. The lowest BCUT2D eigenvalue weighted by atomic mass is 10.1. The summed E-state index contributed by atoms with van der Waals surface area (Å²) in [6.45, 7) is 0. The van der Waals surface area contributed by atoms with E-state index in [1.807, 2.05) is 0 Å². The summed E-state index contributed by atoms with van der Waals surface area (Å²) in [6, 6.07) is 3.19. The summed E-state index contributed by atoms with van der Waals surface area (Å²) in [5.74, 6) is -3.33. The van der Waals surface area contributed by atoms with Crippen molar-refractivity contribution >= 4 is 5.97 Å². The van der Waals surface area contributed by atoms with Crippen molar-refractivity contribution in [1.29, 1.82) is 0 Å². The topological polar surface area (TPSA) is 46.5 Å². The largest absolute Gasteiger partial charge is 0.573 e. The van der Waals surface area contributed by atoms with Crippen LogP contribution in [0.25, 0.3) is 0 Å². The van der Waals surface area contributed by atoms with E-state index in [1.54, 1.807) is 0 Å². The molecule has 94 valence electrons. The normalized spacial score (nSPS) is 11.3. The summed E-state index contributed by atoms with van der Waals surface area (Å²) >= 11 is 0. The Morgan fingerprint density at radius 3 is 2.53 bits per heavy atom. The molecule has 1 aromatic carbocycles. The van der Waals surface area contributed by atoms with E-state index < -0.39 is 30.3 Å². The average molecular weight is 252 g/mol. The van der Waals surface area contributed by atoms with Gasteiger partial charge in [-0.3, -0.25) is 4.79 Å². The van der Waals surface area contributed by atoms with Gasteiger partial charge in [-0.2, -0.15) is 0 Å². The van der Waals surface area contributed by atoms with Crippen LogP contribution >= 0.6 is 0 Å². The second-order valence-electron chi connectivity index (χ2n) is 3.17. The number of para-hydroxylation sites is 1. The van der Waals surface area contributed by atoms with Crippen molar-refractivity contribution in [3.8, 4) is 5.75 Å². The van der Waals surface area contributed by atoms with E-state index in [1.165, 1.54) is 12.1 Å². The number of aliphatic carboxylic acids is 1. The number of benzene rings is 1. The zero-order chi connectivity index (χ0) is 13.1. The number of carbonyl (C=O) groups is 1. The van der Waals surface area contributed by atoms with Crippen LogP contribution in [0.1, 0.15) is 12.0 Å². The van der Waals surface area contributed by atoms with E-state index in [0.29, 0.717) is 0 Å². The molecule has 0 aliphatic heterocycles. The predicted molar refractivity (Wildman–Crippen MR) is 49.0 cm³/mol. The second kappa shape index (κ2) is 5.03. The van der Waals surface area contributed by atoms with Crippen LogP contribution in [0, 0.1) is 5.82 Å². The summed E-state index contributed by atoms with van der Waals surface area (Å²) in [4.78, 5) is 10.3. The molecule has 0 atom stereocenters. The third-order valence-electron chi connectivity index (χ3n) is 1.87. The van der Waals surface area contributed by atoms with E-state index >= 15 is 0 Å². The van der Waals surface area contributed by atoms with Gasteiger partial charge in [-0.15, -0.1) is 13.2 Å². The molecule has 0 aliphatic carbocycles. The lowest BCUT2D eigenvalue weighted by molar-refractivity contribution is -0.275. The fraction of sp³-hybridized carbons (Fsp3) is 0.300. The highest BCUT2D eigenvalue weighted by Gasteiger charge is 2.33. The molecule has 1 rings (SSSR count). The smallest absolute Gasteiger partial charge is 0.481 e. The number of hydrogen-bond acceptors (Lipinski definition) is 2. The molecule has 3 nitrogen and oxygen atoms in total. The lowest BCUT2D eigenvalue weighted by Gasteiger charge is -2.13. The standard InChI is InChI=1S/C10H8F4O3/c11-7-3-1-2-6(4-5-8(15)16)9(7)17-10(12,13)14/h1-3H,4-5H2,(H,15,16). The molecule has 0 amide bonds. The Kier molecular flexibility index (Phi) is 3.93. The van der Waals surface area contributed by atoms with Crippen LogP contribution in [0.4, 0.5) is 17.6 Å². The van der Waals surface area contributed by atoms with Crippen molar-refractivity contribution < 1.29 is 32.2 Å². The molecule has 0 fully saturated rings. The van der Waals surface area contributed by atoms with Crippen molar-refractivity contribution in [1.82, 2.24) is 0 Å². The fourth-order valence-electron chi connectivity index (χ4n) is 1.22. The highest BCUT2D eigenvalue weighted by atomic mass is 19.4. The van der Waals surface area contributed by atoms with Crippen LogP contribution in [0.2, 0.25) is 0 Å². The third-order valence-corrected chi connectivity index (χ3v) is 1.87. The molecule has 0 heterocycles. The Balaban J connectivity index is 2.96. The van der Waals surface area contributed by atoms with E-state index in [-0.39, 0.29) is 12.0 Å². The maximum absolute atomic E-state index is 13.1. The Bertz CT molecular complexity index is 415. The molecule has 0 saturated carbocycles.